The van der Waals surface area contributed by atoms with E-state index in [2.05, 4.69) is 64.6 Å². The SMILES string of the molecule is S=C(NCC1(c2ccc(Cl)cc2)CCCC1)Nc1ncc(Br)nc1Br. The number of nitrogens with zero attached hydrogens (tertiary/aromatic N) is 2. The topological polar surface area (TPSA) is 49.8 Å². The van der Waals surface area contributed by atoms with Crippen LogP contribution in [0.5, 0.6) is 0 Å². The smallest absolute Gasteiger partial charge is 0.172 e. The zero-order valence-corrected chi connectivity index (χ0v) is 18.1. The maximum atomic E-state index is 6.04. The lowest BCUT2D eigenvalue weighted by Crippen LogP contribution is -2.41. The summed E-state index contributed by atoms with van der Waals surface area (Å²) in [5.41, 5.74) is 1.41. The molecule has 0 atom stereocenters. The normalized spacial score (nSPS) is 15.8. The highest BCUT2D eigenvalue weighted by Gasteiger charge is 2.35. The summed E-state index contributed by atoms with van der Waals surface area (Å²) in [4.78, 5) is 8.52. The zero-order chi connectivity index (χ0) is 17.9. The minimum absolute atomic E-state index is 0.0962. The first-order valence-electron chi connectivity index (χ1n) is 7.97. The second-order valence-electron chi connectivity index (χ2n) is 6.13. The van der Waals surface area contributed by atoms with Gasteiger partial charge in [0.1, 0.15) is 9.21 Å². The number of nitrogens with one attached hydrogen (secondary N) is 2. The van der Waals surface area contributed by atoms with E-state index in [-0.39, 0.29) is 5.41 Å². The second-order valence-corrected chi connectivity index (χ2v) is 8.54. The quantitative estimate of drug-likeness (QED) is 0.542. The molecule has 0 amide bonds. The number of thiocarbonyl (C=S) groups is 1. The summed E-state index contributed by atoms with van der Waals surface area (Å²) in [5.74, 6) is 0.590. The van der Waals surface area contributed by atoms with Crippen LogP contribution in [-0.4, -0.2) is 21.6 Å². The van der Waals surface area contributed by atoms with Gasteiger partial charge in [-0.25, -0.2) is 9.97 Å². The van der Waals surface area contributed by atoms with Crippen molar-refractivity contribution in [3.63, 3.8) is 0 Å². The van der Waals surface area contributed by atoms with Crippen molar-refractivity contribution < 1.29 is 0 Å². The van der Waals surface area contributed by atoms with E-state index in [0.29, 0.717) is 20.1 Å². The third-order valence-corrected chi connectivity index (χ3v) is 5.97. The molecule has 0 bridgehead atoms. The van der Waals surface area contributed by atoms with Crippen LogP contribution >= 0.6 is 55.7 Å². The Labute approximate surface area is 174 Å². The number of aromatic nitrogens is 2. The van der Waals surface area contributed by atoms with E-state index in [1.807, 2.05) is 12.1 Å². The standard InChI is InChI=1S/C17H17Br2ClN4S/c18-13-9-21-15(14(19)23-13)24-16(25)22-10-17(7-1-2-8-17)11-3-5-12(20)6-4-11/h3-6,9H,1-2,7-8,10H2,(H2,21,22,24,25). The Morgan fingerprint density at radius 1 is 1.20 bits per heavy atom. The first kappa shape index (κ1) is 19.0. The van der Waals surface area contributed by atoms with Crippen LogP contribution in [0.2, 0.25) is 5.02 Å². The lowest BCUT2D eigenvalue weighted by molar-refractivity contribution is 0.435. The fourth-order valence-electron chi connectivity index (χ4n) is 3.25. The molecule has 1 fully saturated rings. The largest absolute Gasteiger partial charge is 0.362 e. The van der Waals surface area contributed by atoms with Crippen molar-refractivity contribution in [3.05, 3.63) is 50.3 Å². The summed E-state index contributed by atoms with van der Waals surface area (Å²) in [6.07, 6.45) is 6.38. The average molecular weight is 505 g/mol. The van der Waals surface area contributed by atoms with E-state index >= 15 is 0 Å². The number of benzene rings is 1. The molecule has 2 N–H and O–H groups in total. The second kappa shape index (κ2) is 8.29. The minimum Gasteiger partial charge on any atom is -0.362 e. The van der Waals surface area contributed by atoms with Crippen molar-refractivity contribution >= 4 is 66.6 Å². The van der Waals surface area contributed by atoms with Gasteiger partial charge >= 0.3 is 0 Å². The number of rotatable bonds is 4. The van der Waals surface area contributed by atoms with Crippen molar-refractivity contribution in [2.24, 2.45) is 0 Å². The molecule has 4 nitrogen and oxygen atoms in total. The lowest BCUT2D eigenvalue weighted by atomic mass is 9.79. The van der Waals surface area contributed by atoms with Crippen LogP contribution in [0.15, 0.2) is 39.7 Å². The van der Waals surface area contributed by atoms with Gasteiger partial charge in [-0.2, -0.15) is 0 Å². The van der Waals surface area contributed by atoms with E-state index in [1.54, 1.807) is 6.20 Å². The monoisotopic (exact) mass is 502 g/mol. The molecular formula is C17H17Br2ClN4S. The molecule has 3 rings (SSSR count). The van der Waals surface area contributed by atoms with Gasteiger partial charge in [-0.15, -0.1) is 0 Å². The van der Waals surface area contributed by atoms with Crippen LogP contribution in [-0.2, 0) is 5.41 Å². The Morgan fingerprint density at radius 2 is 1.88 bits per heavy atom. The Bertz CT molecular complexity index is 764. The van der Waals surface area contributed by atoms with Crippen molar-refractivity contribution in [1.82, 2.24) is 15.3 Å². The predicted octanol–water partition coefficient (Wildman–Crippen LogP) is 5.45. The van der Waals surface area contributed by atoms with Crippen molar-refractivity contribution in [2.75, 3.05) is 11.9 Å². The van der Waals surface area contributed by atoms with Crippen molar-refractivity contribution in [3.8, 4) is 0 Å². The van der Waals surface area contributed by atoms with Gasteiger partial charge in [-0.1, -0.05) is 36.6 Å². The molecule has 1 aliphatic carbocycles. The maximum Gasteiger partial charge on any atom is 0.172 e. The van der Waals surface area contributed by atoms with Gasteiger partial charge in [0.15, 0.2) is 10.9 Å². The van der Waals surface area contributed by atoms with Crippen LogP contribution in [0.1, 0.15) is 31.2 Å². The molecule has 0 saturated heterocycles. The van der Waals surface area contributed by atoms with Crippen LogP contribution in [0.4, 0.5) is 5.82 Å². The van der Waals surface area contributed by atoms with E-state index in [1.165, 1.54) is 18.4 Å². The van der Waals surface area contributed by atoms with Crippen molar-refractivity contribution in [2.45, 2.75) is 31.1 Å². The van der Waals surface area contributed by atoms with Crippen LogP contribution in [0, 0.1) is 0 Å². The molecule has 1 heterocycles. The highest BCUT2D eigenvalue weighted by Crippen LogP contribution is 2.41. The van der Waals surface area contributed by atoms with Crippen molar-refractivity contribution in [1.29, 1.82) is 0 Å². The van der Waals surface area contributed by atoms with E-state index < -0.39 is 0 Å². The highest BCUT2D eigenvalue weighted by molar-refractivity contribution is 9.11. The third kappa shape index (κ3) is 4.70. The van der Waals surface area contributed by atoms with Gasteiger partial charge in [0.25, 0.3) is 0 Å². The first-order chi connectivity index (χ1) is 12.0. The Morgan fingerprint density at radius 3 is 2.52 bits per heavy atom. The molecule has 132 valence electrons. The van der Waals surface area contributed by atoms with Gasteiger partial charge in [0.2, 0.25) is 0 Å². The molecule has 1 aliphatic rings. The fraction of sp³-hybridized carbons (Fsp3) is 0.353. The zero-order valence-electron chi connectivity index (χ0n) is 13.4. The molecule has 25 heavy (non-hydrogen) atoms. The average Bonchev–Trinajstić information content (AvgIpc) is 3.06. The summed E-state index contributed by atoms with van der Waals surface area (Å²) in [6.45, 7) is 0.780. The Kier molecular flexibility index (Phi) is 6.30. The molecule has 0 spiro atoms. The number of halogens is 3. The van der Waals surface area contributed by atoms with E-state index in [0.717, 1.165) is 24.4 Å². The maximum absolute atomic E-state index is 6.04. The predicted molar refractivity (Wildman–Crippen MR) is 113 cm³/mol. The first-order valence-corrected chi connectivity index (χ1v) is 10.3. The fourth-order valence-corrected chi connectivity index (χ4v) is 4.46. The summed E-state index contributed by atoms with van der Waals surface area (Å²) in [6, 6.07) is 8.18. The summed E-state index contributed by atoms with van der Waals surface area (Å²) < 4.78 is 1.27. The Hall–Kier alpha value is -0.760. The number of anilines is 1. The van der Waals surface area contributed by atoms with Gasteiger partial charge in [-0.05, 0) is 74.6 Å². The molecule has 1 aromatic carbocycles. The minimum atomic E-state index is 0.0962. The Balaban J connectivity index is 1.67. The molecule has 0 aliphatic heterocycles. The van der Waals surface area contributed by atoms with Gasteiger partial charge in [-0.3, -0.25) is 0 Å². The van der Waals surface area contributed by atoms with Gasteiger partial charge in [0, 0.05) is 17.0 Å². The molecule has 0 radical (unpaired) electrons. The molecular weight excluding hydrogens is 488 g/mol. The van der Waals surface area contributed by atoms with E-state index in [4.69, 9.17) is 23.8 Å². The number of hydrogen-bond acceptors (Lipinski definition) is 3. The summed E-state index contributed by atoms with van der Waals surface area (Å²) >= 11 is 18.1. The summed E-state index contributed by atoms with van der Waals surface area (Å²) in [5, 5.41) is 7.76. The molecule has 8 heteroatoms. The van der Waals surface area contributed by atoms with Gasteiger partial charge in [0.05, 0.1) is 6.20 Å². The van der Waals surface area contributed by atoms with Crippen LogP contribution in [0.3, 0.4) is 0 Å². The molecule has 1 saturated carbocycles. The lowest BCUT2D eigenvalue weighted by Gasteiger charge is -2.30. The third-order valence-electron chi connectivity index (χ3n) is 4.54. The van der Waals surface area contributed by atoms with E-state index in [9.17, 15) is 0 Å². The van der Waals surface area contributed by atoms with Gasteiger partial charge < -0.3 is 10.6 Å². The number of hydrogen-bond donors (Lipinski definition) is 2. The summed E-state index contributed by atoms with van der Waals surface area (Å²) in [7, 11) is 0. The molecule has 0 unspecified atom stereocenters. The van der Waals surface area contributed by atoms with Crippen LogP contribution < -0.4 is 10.6 Å². The highest BCUT2D eigenvalue weighted by atomic mass is 79.9. The molecule has 1 aromatic heterocycles. The molecule has 2 aromatic rings. The van der Waals surface area contributed by atoms with Crippen LogP contribution in [0.25, 0.3) is 0 Å².